The lowest BCUT2D eigenvalue weighted by atomic mass is 10.2. The molecule has 0 fully saturated rings. The van der Waals surface area contributed by atoms with Crippen molar-refractivity contribution in [2.45, 2.75) is 13.5 Å². The summed E-state index contributed by atoms with van der Waals surface area (Å²) in [4.78, 5) is 42.2. The van der Waals surface area contributed by atoms with Gasteiger partial charge < -0.3 is 14.4 Å². The number of carbonyl (C=O) groups excluding carboxylic acids is 2. The zero-order chi connectivity index (χ0) is 18.2. The number of nitrogens with zero attached hydrogens (tertiary/aromatic N) is 3. The SMILES string of the molecule is CCOC(=O)CN(CCOC)C(=O)Cn1cnc2ccccc2c1=O. The number of methoxy groups -OCH3 is 1. The molecule has 0 saturated carbocycles. The van der Waals surface area contributed by atoms with Crippen LogP contribution in [0, 0.1) is 0 Å². The lowest BCUT2D eigenvalue weighted by molar-refractivity contribution is -0.149. The van der Waals surface area contributed by atoms with E-state index in [0.717, 1.165) is 0 Å². The van der Waals surface area contributed by atoms with Crippen LogP contribution in [0.2, 0.25) is 0 Å². The predicted octanol–water partition coefficient (Wildman–Crippen LogP) is 0.435. The summed E-state index contributed by atoms with van der Waals surface area (Å²) < 4.78 is 11.1. The van der Waals surface area contributed by atoms with Crippen molar-refractivity contribution in [3.63, 3.8) is 0 Å². The van der Waals surface area contributed by atoms with Crippen LogP contribution in [0.5, 0.6) is 0 Å². The molecule has 0 aliphatic heterocycles. The Labute approximate surface area is 145 Å². The first-order valence-corrected chi connectivity index (χ1v) is 7.93. The summed E-state index contributed by atoms with van der Waals surface area (Å²) in [5, 5.41) is 0.437. The molecule has 1 amide bonds. The van der Waals surface area contributed by atoms with Gasteiger partial charge in [-0.1, -0.05) is 12.1 Å². The van der Waals surface area contributed by atoms with Crippen LogP contribution in [0.15, 0.2) is 35.4 Å². The molecule has 1 aromatic carbocycles. The molecular weight excluding hydrogens is 326 g/mol. The van der Waals surface area contributed by atoms with E-state index in [1.54, 1.807) is 31.2 Å². The van der Waals surface area contributed by atoms with Crippen LogP contribution in [0.1, 0.15) is 6.92 Å². The molecule has 0 aliphatic rings. The highest BCUT2D eigenvalue weighted by molar-refractivity contribution is 5.82. The molecule has 0 saturated heterocycles. The van der Waals surface area contributed by atoms with Crippen molar-refractivity contribution in [1.82, 2.24) is 14.5 Å². The molecular formula is C17H21N3O5. The van der Waals surface area contributed by atoms with Crippen molar-refractivity contribution in [3.8, 4) is 0 Å². The maximum Gasteiger partial charge on any atom is 0.325 e. The number of hydrogen-bond donors (Lipinski definition) is 0. The van der Waals surface area contributed by atoms with E-state index >= 15 is 0 Å². The van der Waals surface area contributed by atoms with Gasteiger partial charge in [0, 0.05) is 13.7 Å². The molecule has 134 valence electrons. The number of hydrogen-bond acceptors (Lipinski definition) is 6. The Morgan fingerprint density at radius 1 is 1.28 bits per heavy atom. The lowest BCUT2D eigenvalue weighted by Crippen LogP contribution is -2.41. The van der Waals surface area contributed by atoms with Gasteiger partial charge in [0.2, 0.25) is 5.91 Å². The third-order valence-corrected chi connectivity index (χ3v) is 3.58. The molecule has 25 heavy (non-hydrogen) atoms. The molecule has 2 rings (SSSR count). The summed E-state index contributed by atoms with van der Waals surface area (Å²) in [5.41, 5.74) is 0.265. The number of aromatic nitrogens is 2. The highest BCUT2D eigenvalue weighted by Gasteiger charge is 2.19. The van der Waals surface area contributed by atoms with Gasteiger partial charge in [-0.25, -0.2) is 4.98 Å². The van der Waals surface area contributed by atoms with Gasteiger partial charge in [-0.05, 0) is 19.1 Å². The molecule has 0 N–H and O–H groups in total. The highest BCUT2D eigenvalue weighted by Crippen LogP contribution is 2.05. The Balaban J connectivity index is 2.17. The molecule has 1 heterocycles. The van der Waals surface area contributed by atoms with Gasteiger partial charge in [0.15, 0.2) is 0 Å². The monoisotopic (exact) mass is 347 g/mol. The molecule has 0 aliphatic carbocycles. The molecule has 0 bridgehead atoms. The Hall–Kier alpha value is -2.74. The van der Waals surface area contributed by atoms with Crippen molar-refractivity contribution in [2.75, 3.05) is 33.4 Å². The van der Waals surface area contributed by atoms with E-state index < -0.39 is 5.97 Å². The third-order valence-electron chi connectivity index (χ3n) is 3.58. The van der Waals surface area contributed by atoms with E-state index in [1.807, 2.05) is 0 Å². The minimum atomic E-state index is -0.504. The van der Waals surface area contributed by atoms with Gasteiger partial charge in [-0.15, -0.1) is 0 Å². The zero-order valence-corrected chi connectivity index (χ0v) is 14.3. The van der Waals surface area contributed by atoms with E-state index in [1.165, 1.54) is 22.9 Å². The largest absolute Gasteiger partial charge is 0.465 e. The maximum atomic E-state index is 12.5. The van der Waals surface area contributed by atoms with E-state index in [0.29, 0.717) is 10.9 Å². The van der Waals surface area contributed by atoms with Gasteiger partial charge in [0.1, 0.15) is 13.1 Å². The summed E-state index contributed by atoms with van der Waals surface area (Å²) >= 11 is 0. The smallest absolute Gasteiger partial charge is 0.325 e. The van der Waals surface area contributed by atoms with Crippen molar-refractivity contribution >= 4 is 22.8 Å². The Morgan fingerprint density at radius 3 is 2.76 bits per heavy atom. The van der Waals surface area contributed by atoms with E-state index in [-0.39, 0.29) is 44.3 Å². The fraction of sp³-hybridized carbons (Fsp3) is 0.412. The second-order valence-corrected chi connectivity index (χ2v) is 5.31. The highest BCUT2D eigenvalue weighted by atomic mass is 16.5. The summed E-state index contributed by atoms with van der Waals surface area (Å²) in [6.45, 7) is 2.03. The van der Waals surface area contributed by atoms with Crippen molar-refractivity contribution < 1.29 is 19.1 Å². The molecule has 2 aromatic rings. The summed E-state index contributed by atoms with van der Waals surface area (Å²) in [5.74, 6) is -0.889. The van der Waals surface area contributed by atoms with Crippen LogP contribution in [0.4, 0.5) is 0 Å². The zero-order valence-electron chi connectivity index (χ0n) is 14.3. The molecule has 0 radical (unpaired) electrons. The fourth-order valence-corrected chi connectivity index (χ4v) is 2.32. The Kier molecular flexibility index (Phi) is 6.64. The van der Waals surface area contributed by atoms with Gasteiger partial charge in [0.25, 0.3) is 5.56 Å². The van der Waals surface area contributed by atoms with Gasteiger partial charge in [0.05, 0.1) is 30.4 Å². The number of ether oxygens (including phenoxy) is 2. The molecule has 8 heteroatoms. The number of para-hydroxylation sites is 1. The van der Waals surface area contributed by atoms with Crippen LogP contribution >= 0.6 is 0 Å². The Bertz CT molecular complexity index is 802. The first-order chi connectivity index (χ1) is 12.1. The second kappa shape index (κ2) is 8.93. The van der Waals surface area contributed by atoms with Crippen LogP contribution in [0.3, 0.4) is 0 Å². The summed E-state index contributed by atoms with van der Waals surface area (Å²) in [7, 11) is 1.50. The van der Waals surface area contributed by atoms with Crippen molar-refractivity contribution in [1.29, 1.82) is 0 Å². The number of esters is 1. The van der Waals surface area contributed by atoms with E-state index in [4.69, 9.17) is 9.47 Å². The second-order valence-electron chi connectivity index (χ2n) is 5.31. The molecule has 0 spiro atoms. The minimum absolute atomic E-state index is 0.189. The van der Waals surface area contributed by atoms with E-state index in [9.17, 15) is 14.4 Å². The average molecular weight is 347 g/mol. The summed E-state index contributed by atoms with van der Waals surface area (Å²) in [6, 6.07) is 6.92. The quantitative estimate of drug-likeness (QED) is 0.644. The average Bonchev–Trinajstić information content (AvgIpc) is 2.61. The van der Waals surface area contributed by atoms with Crippen LogP contribution < -0.4 is 5.56 Å². The lowest BCUT2D eigenvalue weighted by Gasteiger charge is -2.21. The first-order valence-electron chi connectivity index (χ1n) is 7.93. The topological polar surface area (TPSA) is 90.7 Å². The van der Waals surface area contributed by atoms with Crippen molar-refractivity contribution in [3.05, 3.63) is 40.9 Å². The van der Waals surface area contributed by atoms with Crippen molar-refractivity contribution in [2.24, 2.45) is 0 Å². The van der Waals surface area contributed by atoms with E-state index in [2.05, 4.69) is 4.98 Å². The molecule has 0 atom stereocenters. The molecule has 1 aromatic heterocycles. The Morgan fingerprint density at radius 2 is 2.04 bits per heavy atom. The van der Waals surface area contributed by atoms with Crippen LogP contribution in [-0.2, 0) is 25.6 Å². The van der Waals surface area contributed by atoms with Gasteiger partial charge in [-0.3, -0.25) is 19.0 Å². The van der Waals surface area contributed by atoms with Crippen LogP contribution in [0.25, 0.3) is 10.9 Å². The fourth-order valence-electron chi connectivity index (χ4n) is 2.32. The van der Waals surface area contributed by atoms with Crippen LogP contribution in [-0.4, -0.2) is 59.7 Å². The third kappa shape index (κ3) is 4.87. The van der Waals surface area contributed by atoms with Gasteiger partial charge in [-0.2, -0.15) is 0 Å². The minimum Gasteiger partial charge on any atom is -0.465 e. The predicted molar refractivity (Wildman–Crippen MR) is 91.1 cm³/mol. The number of rotatable bonds is 8. The number of carbonyl (C=O) groups is 2. The summed E-state index contributed by atoms with van der Waals surface area (Å²) in [6.07, 6.45) is 1.33. The van der Waals surface area contributed by atoms with Gasteiger partial charge >= 0.3 is 5.97 Å². The normalized spacial score (nSPS) is 10.6. The number of benzene rings is 1. The molecule has 0 unspecified atom stereocenters. The molecule has 8 nitrogen and oxygen atoms in total. The first kappa shape index (κ1) is 18.6. The number of fused-ring (bicyclic) bond motifs is 1. The standard InChI is InChI=1S/C17H21N3O5/c1-3-25-16(22)11-19(8-9-24-2)15(21)10-20-12-18-14-7-5-4-6-13(14)17(20)23/h4-7,12H,3,8-11H2,1-2H3. The number of amides is 1. The maximum absolute atomic E-state index is 12.5.